The number of ketones is 2. The molecule has 66 valence electrons. The van der Waals surface area contributed by atoms with E-state index < -0.39 is 0 Å². The van der Waals surface area contributed by atoms with E-state index in [0.29, 0.717) is 24.4 Å². The van der Waals surface area contributed by atoms with E-state index in [9.17, 15) is 9.59 Å². The monoisotopic (exact) mass is 166 g/mol. The van der Waals surface area contributed by atoms with Crippen LogP contribution in [-0.2, 0) is 9.59 Å². The summed E-state index contributed by atoms with van der Waals surface area (Å²) in [6.07, 6.45) is 3.99. The highest BCUT2D eigenvalue weighted by molar-refractivity contribution is 5.96. The Kier molecular flexibility index (Phi) is 1.60. The summed E-state index contributed by atoms with van der Waals surface area (Å²) in [7, 11) is 0. The third kappa shape index (κ3) is 0.869. The Morgan fingerprint density at radius 1 is 1.33 bits per heavy atom. The highest BCUT2D eigenvalue weighted by atomic mass is 16.1. The molecule has 2 aliphatic carbocycles. The number of hydrogen-bond acceptors (Lipinski definition) is 2. The van der Waals surface area contributed by atoms with Crippen LogP contribution in [0.15, 0.2) is 0 Å². The first-order chi connectivity index (χ1) is 5.64. The Bertz CT molecular complexity index is 244. The van der Waals surface area contributed by atoms with Gasteiger partial charge in [0, 0.05) is 24.2 Å². The summed E-state index contributed by atoms with van der Waals surface area (Å²) in [6, 6.07) is 0. The molecule has 2 atom stereocenters. The fraction of sp³-hybridized carbons (Fsp3) is 0.800. The molecule has 0 bridgehead atoms. The fourth-order valence-corrected chi connectivity index (χ4v) is 2.71. The minimum atomic E-state index is -0.269. The number of carbonyl (C=O) groups excluding carboxylic acids is 2. The normalized spacial score (nSPS) is 41.6. The van der Waals surface area contributed by atoms with Gasteiger partial charge in [-0.15, -0.1) is 0 Å². The highest BCUT2D eigenvalue weighted by Gasteiger charge is 2.50. The van der Waals surface area contributed by atoms with Gasteiger partial charge in [0.2, 0.25) is 0 Å². The van der Waals surface area contributed by atoms with Crippen LogP contribution in [0.2, 0.25) is 0 Å². The Morgan fingerprint density at radius 3 is 2.75 bits per heavy atom. The molecule has 0 radical (unpaired) electrons. The van der Waals surface area contributed by atoms with E-state index in [0.717, 1.165) is 19.3 Å². The van der Waals surface area contributed by atoms with Crippen LogP contribution in [0.3, 0.4) is 0 Å². The van der Waals surface area contributed by atoms with Gasteiger partial charge in [0.1, 0.15) is 11.6 Å². The average molecular weight is 166 g/mol. The van der Waals surface area contributed by atoms with Crippen molar-refractivity contribution in [3.63, 3.8) is 0 Å². The van der Waals surface area contributed by atoms with Gasteiger partial charge in [0.25, 0.3) is 0 Å². The van der Waals surface area contributed by atoms with Crippen molar-refractivity contribution < 1.29 is 9.59 Å². The molecule has 2 fully saturated rings. The molecule has 0 saturated heterocycles. The van der Waals surface area contributed by atoms with Crippen molar-refractivity contribution in [1.82, 2.24) is 0 Å². The molecular formula is C10H14O2. The Balaban J connectivity index is 2.32. The molecule has 0 aromatic heterocycles. The van der Waals surface area contributed by atoms with Gasteiger partial charge < -0.3 is 0 Å². The standard InChI is InChI=1S/C10H14O2/c1-10-6-2-3-8(11)7(10)4-5-9(10)12/h7H,2-6H2,1H3/t7-,10-/m1/s1. The van der Waals surface area contributed by atoms with Crippen molar-refractivity contribution in [2.45, 2.75) is 39.0 Å². The number of hydrogen-bond donors (Lipinski definition) is 0. The molecule has 12 heavy (non-hydrogen) atoms. The summed E-state index contributed by atoms with van der Waals surface area (Å²) in [5.74, 6) is 0.717. The van der Waals surface area contributed by atoms with E-state index >= 15 is 0 Å². The molecule has 0 amide bonds. The molecule has 0 unspecified atom stereocenters. The van der Waals surface area contributed by atoms with Crippen LogP contribution in [0.1, 0.15) is 39.0 Å². The molecule has 0 aromatic rings. The first-order valence-electron chi connectivity index (χ1n) is 4.70. The van der Waals surface area contributed by atoms with E-state index in [4.69, 9.17) is 0 Å². The van der Waals surface area contributed by atoms with Crippen LogP contribution in [-0.4, -0.2) is 11.6 Å². The van der Waals surface area contributed by atoms with Gasteiger partial charge in [-0.05, 0) is 19.3 Å². The average Bonchev–Trinajstić information content (AvgIpc) is 2.30. The summed E-state index contributed by atoms with van der Waals surface area (Å²) in [5.41, 5.74) is -0.269. The van der Waals surface area contributed by atoms with E-state index in [1.54, 1.807) is 0 Å². The number of carbonyl (C=O) groups is 2. The van der Waals surface area contributed by atoms with Crippen molar-refractivity contribution >= 4 is 11.6 Å². The summed E-state index contributed by atoms with van der Waals surface area (Å²) in [6.45, 7) is 1.98. The topological polar surface area (TPSA) is 34.1 Å². The zero-order valence-corrected chi connectivity index (χ0v) is 7.43. The lowest BCUT2D eigenvalue weighted by atomic mass is 9.68. The van der Waals surface area contributed by atoms with E-state index in [1.807, 2.05) is 6.92 Å². The van der Waals surface area contributed by atoms with Crippen molar-refractivity contribution in [3.8, 4) is 0 Å². The predicted molar refractivity (Wildman–Crippen MR) is 44.7 cm³/mol. The third-order valence-electron chi connectivity index (χ3n) is 3.57. The van der Waals surface area contributed by atoms with Gasteiger partial charge in [-0.1, -0.05) is 6.92 Å². The summed E-state index contributed by atoms with van der Waals surface area (Å²) in [4.78, 5) is 23.0. The lowest BCUT2D eigenvalue weighted by Crippen LogP contribution is -2.37. The summed E-state index contributed by atoms with van der Waals surface area (Å²) in [5, 5.41) is 0. The predicted octanol–water partition coefficient (Wildman–Crippen LogP) is 1.72. The molecule has 2 rings (SSSR count). The van der Waals surface area contributed by atoms with Gasteiger partial charge in [-0.25, -0.2) is 0 Å². The van der Waals surface area contributed by atoms with Crippen LogP contribution < -0.4 is 0 Å². The van der Waals surface area contributed by atoms with Crippen molar-refractivity contribution in [2.75, 3.05) is 0 Å². The van der Waals surface area contributed by atoms with Crippen LogP contribution in [0.25, 0.3) is 0 Å². The van der Waals surface area contributed by atoms with E-state index in [1.165, 1.54) is 0 Å². The Labute approximate surface area is 72.3 Å². The second-order valence-corrected chi connectivity index (χ2v) is 4.25. The van der Waals surface area contributed by atoms with Gasteiger partial charge in [-0.3, -0.25) is 9.59 Å². The Morgan fingerprint density at radius 2 is 2.08 bits per heavy atom. The maximum atomic E-state index is 11.5. The zero-order chi connectivity index (χ0) is 8.77. The van der Waals surface area contributed by atoms with Gasteiger partial charge in [0.05, 0.1) is 0 Å². The lowest BCUT2D eigenvalue weighted by molar-refractivity contribution is -0.136. The summed E-state index contributed by atoms with van der Waals surface area (Å²) < 4.78 is 0. The quantitative estimate of drug-likeness (QED) is 0.549. The van der Waals surface area contributed by atoms with Gasteiger partial charge >= 0.3 is 0 Å². The van der Waals surface area contributed by atoms with Gasteiger partial charge in [0.15, 0.2) is 0 Å². The molecule has 0 aromatic carbocycles. The zero-order valence-electron chi connectivity index (χ0n) is 7.43. The Hall–Kier alpha value is -0.660. The van der Waals surface area contributed by atoms with Crippen LogP contribution in [0.5, 0.6) is 0 Å². The molecule has 0 heterocycles. The molecular weight excluding hydrogens is 152 g/mol. The van der Waals surface area contributed by atoms with Crippen LogP contribution >= 0.6 is 0 Å². The summed E-state index contributed by atoms with van der Waals surface area (Å²) >= 11 is 0. The maximum Gasteiger partial charge on any atom is 0.139 e. The molecule has 2 saturated carbocycles. The van der Waals surface area contributed by atoms with Crippen LogP contribution in [0, 0.1) is 11.3 Å². The SMILES string of the molecule is C[C@@]12CCCC(=O)[C@H]1CCC2=O. The maximum absolute atomic E-state index is 11.5. The number of rotatable bonds is 0. The van der Waals surface area contributed by atoms with Crippen molar-refractivity contribution in [1.29, 1.82) is 0 Å². The number of Topliss-reactive ketones (excluding diaryl/α,β-unsaturated/α-hetero) is 2. The molecule has 2 aliphatic rings. The van der Waals surface area contributed by atoms with Crippen molar-refractivity contribution in [3.05, 3.63) is 0 Å². The third-order valence-corrected chi connectivity index (χ3v) is 3.57. The molecule has 0 aliphatic heterocycles. The molecule has 0 N–H and O–H groups in total. The van der Waals surface area contributed by atoms with Crippen LogP contribution in [0.4, 0.5) is 0 Å². The first kappa shape index (κ1) is 7.96. The largest absolute Gasteiger partial charge is 0.299 e. The van der Waals surface area contributed by atoms with Gasteiger partial charge in [-0.2, -0.15) is 0 Å². The minimum Gasteiger partial charge on any atom is -0.299 e. The van der Waals surface area contributed by atoms with E-state index in [-0.39, 0.29) is 11.3 Å². The molecule has 2 heteroatoms. The lowest BCUT2D eigenvalue weighted by Gasteiger charge is -2.33. The minimum absolute atomic E-state index is 0.0683. The van der Waals surface area contributed by atoms with Crippen molar-refractivity contribution in [2.24, 2.45) is 11.3 Å². The second-order valence-electron chi connectivity index (χ2n) is 4.25. The smallest absolute Gasteiger partial charge is 0.139 e. The van der Waals surface area contributed by atoms with E-state index in [2.05, 4.69) is 0 Å². The number of fused-ring (bicyclic) bond motifs is 1. The highest BCUT2D eigenvalue weighted by Crippen LogP contribution is 2.47. The molecule has 2 nitrogen and oxygen atoms in total. The second kappa shape index (κ2) is 2.41. The first-order valence-corrected chi connectivity index (χ1v) is 4.70. The fourth-order valence-electron chi connectivity index (χ4n) is 2.71. The molecule has 0 spiro atoms.